The van der Waals surface area contributed by atoms with E-state index in [1.54, 1.807) is 18.1 Å². The molecule has 0 aromatic rings. The lowest BCUT2D eigenvalue weighted by molar-refractivity contribution is 0.281. The Kier molecular flexibility index (Phi) is 1.21. The van der Waals surface area contributed by atoms with Crippen molar-refractivity contribution in [1.29, 1.82) is 0 Å². The zero-order valence-corrected chi connectivity index (χ0v) is 6.95. The standard InChI is InChI=1S/C6H7N5S/c1-2-12-6-9-4-5(8-3-7-4)10-11(1)6/h1-5,10H,(H,7,8). The van der Waals surface area contributed by atoms with Crippen molar-refractivity contribution in [3.05, 3.63) is 11.6 Å². The number of thioether (sulfide) groups is 1. The van der Waals surface area contributed by atoms with Gasteiger partial charge in [-0.1, -0.05) is 11.8 Å². The first-order valence-electron chi connectivity index (χ1n) is 3.68. The molecule has 12 heavy (non-hydrogen) atoms. The predicted molar refractivity (Wildman–Crippen MR) is 48.3 cm³/mol. The smallest absolute Gasteiger partial charge is 0.184 e. The average Bonchev–Trinajstić information content (AvgIpc) is 2.64. The molecular weight excluding hydrogens is 174 g/mol. The van der Waals surface area contributed by atoms with Crippen LogP contribution in [-0.2, 0) is 0 Å². The summed E-state index contributed by atoms with van der Waals surface area (Å²) >= 11 is 1.61. The van der Waals surface area contributed by atoms with Crippen molar-refractivity contribution in [2.75, 3.05) is 0 Å². The summed E-state index contributed by atoms with van der Waals surface area (Å²) in [7, 11) is 0. The summed E-state index contributed by atoms with van der Waals surface area (Å²) in [5.74, 6) is 0. The topological polar surface area (TPSA) is 52.0 Å². The third-order valence-corrected chi connectivity index (χ3v) is 2.66. The van der Waals surface area contributed by atoms with E-state index < -0.39 is 0 Å². The average molecular weight is 181 g/mol. The quantitative estimate of drug-likeness (QED) is 0.537. The summed E-state index contributed by atoms with van der Waals surface area (Å²) < 4.78 is 0. The molecule has 2 atom stereocenters. The lowest BCUT2D eigenvalue weighted by Crippen LogP contribution is -2.55. The predicted octanol–water partition coefficient (Wildman–Crippen LogP) is -0.336. The molecule has 2 N–H and O–H groups in total. The molecule has 0 aliphatic carbocycles. The molecule has 2 unspecified atom stereocenters. The van der Waals surface area contributed by atoms with Gasteiger partial charge in [0.15, 0.2) is 11.3 Å². The van der Waals surface area contributed by atoms with Gasteiger partial charge in [-0.25, -0.2) is 15.4 Å². The fourth-order valence-corrected chi connectivity index (χ4v) is 2.01. The van der Waals surface area contributed by atoms with Crippen LogP contribution in [-0.4, -0.2) is 28.8 Å². The van der Waals surface area contributed by atoms with Gasteiger partial charge in [0, 0.05) is 6.20 Å². The van der Waals surface area contributed by atoms with Gasteiger partial charge in [-0.15, -0.1) is 0 Å². The number of aliphatic imine (C=N–C) groups is 2. The molecule has 3 rings (SSSR count). The highest BCUT2D eigenvalue weighted by Gasteiger charge is 2.32. The van der Waals surface area contributed by atoms with Gasteiger partial charge in [0.1, 0.15) is 6.17 Å². The monoisotopic (exact) mass is 181 g/mol. The molecule has 3 aliphatic heterocycles. The molecule has 0 fully saturated rings. The van der Waals surface area contributed by atoms with Crippen LogP contribution in [0.4, 0.5) is 0 Å². The zero-order chi connectivity index (χ0) is 7.97. The Balaban J connectivity index is 1.95. The van der Waals surface area contributed by atoms with Crippen LogP contribution >= 0.6 is 11.8 Å². The largest absolute Gasteiger partial charge is 0.356 e. The lowest BCUT2D eigenvalue weighted by Gasteiger charge is -2.29. The normalized spacial score (nSPS) is 36.0. The minimum absolute atomic E-state index is 0.00338. The zero-order valence-electron chi connectivity index (χ0n) is 6.14. The van der Waals surface area contributed by atoms with Crippen molar-refractivity contribution in [3.63, 3.8) is 0 Å². The van der Waals surface area contributed by atoms with Crippen LogP contribution in [0.15, 0.2) is 21.6 Å². The molecule has 62 valence electrons. The van der Waals surface area contributed by atoms with Crippen molar-refractivity contribution >= 4 is 23.3 Å². The third kappa shape index (κ3) is 0.788. The molecule has 0 radical (unpaired) electrons. The number of hydrazine groups is 1. The van der Waals surface area contributed by atoms with Crippen molar-refractivity contribution in [1.82, 2.24) is 15.8 Å². The summed E-state index contributed by atoms with van der Waals surface area (Å²) in [6.07, 6.45) is 3.78. The highest BCUT2D eigenvalue weighted by molar-refractivity contribution is 8.16. The second-order valence-electron chi connectivity index (χ2n) is 2.65. The minimum atomic E-state index is 0.00338. The van der Waals surface area contributed by atoms with E-state index in [1.807, 2.05) is 16.6 Å². The Morgan fingerprint density at radius 1 is 1.58 bits per heavy atom. The number of fused-ring (bicyclic) bond motifs is 2. The van der Waals surface area contributed by atoms with E-state index in [-0.39, 0.29) is 12.3 Å². The SMILES string of the molecule is C1=CN2NC3NC=NC3N=C2S1. The van der Waals surface area contributed by atoms with Crippen LogP contribution in [0.2, 0.25) is 0 Å². The van der Waals surface area contributed by atoms with E-state index in [4.69, 9.17) is 0 Å². The van der Waals surface area contributed by atoms with Crippen molar-refractivity contribution < 1.29 is 0 Å². The second-order valence-corrected chi connectivity index (χ2v) is 3.52. The summed E-state index contributed by atoms with van der Waals surface area (Å²) in [5, 5.41) is 7.95. The first-order chi connectivity index (χ1) is 5.93. The molecule has 0 amide bonds. The maximum atomic E-state index is 4.43. The first-order valence-corrected chi connectivity index (χ1v) is 4.56. The van der Waals surface area contributed by atoms with Crippen LogP contribution in [0.1, 0.15) is 0 Å². The van der Waals surface area contributed by atoms with Crippen LogP contribution in [0.25, 0.3) is 0 Å². The number of nitrogens with zero attached hydrogens (tertiary/aromatic N) is 3. The number of hydrogen-bond acceptors (Lipinski definition) is 6. The van der Waals surface area contributed by atoms with Gasteiger partial charge in [-0.3, -0.25) is 5.01 Å². The minimum Gasteiger partial charge on any atom is -0.356 e. The van der Waals surface area contributed by atoms with Crippen molar-refractivity contribution in [2.24, 2.45) is 9.98 Å². The molecule has 3 heterocycles. The van der Waals surface area contributed by atoms with Crippen molar-refractivity contribution in [3.8, 4) is 0 Å². The van der Waals surface area contributed by atoms with E-state index >= 15 is 0 Å². The summed E-state index contributed by atoms with van der Waals surface area (Å²) in [4.78, 5) is 8.59. The lowest BCUT2D eigenvalue weighted by atomic mass is 10.4. The summed E-state index contributed by atoms with van der Waals surface area (Å²) in [5.41, 5.74) is 3.24. The van der Waals surface area contributed by atoms with Crippen LogP contribution in [0.5, 0.6) is 0 Å². The Labute approximate surface area is 73.6 Å². The van der Waals surface area contributed by atoms with Gasteiger partial charge in [0.2, 0.25) is 0 Å². The molecule has 6 heteroatoms. The first kappa shape index (κ1) is 6.50. The molecule has 0 saturated heterocycles. The van der Waals surface area contributed by atoms with Crippen molar-refractivity contribution in [2.45, 2.75) is 12.3 Å². The molecule has 0 aromatic heterocycles. The van der Waals surface area contributed by atoms with Crippen LogP contribution < -0.4 is 10.7 Å². The molecule has 5 nitrogen and oxygen atoms in total. The molecule has 0 bridgehead atoms. The number of amidine groups is 1. The second kappa shape index (κ2) is 2.24. The Morgan fingerprint density at radius 2 is 2.58 bits per heavy atom. The van der Waals surface area contributed by atoms with Gasteiger partial charge in [-0.05, 0) is 5.41 Å². The van der Waals surface area contributed by atoms with Gasteiger partial charge < -0.3 is 5.32 Å². The maximum absolute atomic E-state index is 4.43. The highest BCUT2D eigenvalue weighted by Crippen LogP contribution is 2.23. The van der Waals surface area contributed by atoms with Gasteiger partial charge in [0.05, 0.1) is 6.34 Å². The third-order valence-electron chi connectivity index (χ3n) is 1.89. The van der Waals surface area contributed by atoms with Gasteiger partial charge in [0.25, 0.3) is 0 Å². The van der Waals surface area contributed by atoms with E-state index in [0.29, 0.717) is 0 Å². The summed E-state index contributed by atoms with van der Waals surface area (Å²) in [6, 6.07) is 0. The molecule has 0 spiro atoms. The summed E-state index contributed by atoms with van der Waals surface area (Å²) in [6.45, 7) is 0. The fourth-order valence-electron chi connectivity index (χ4n) is 1.31. The van der Waals surface area contributed by atoms with Gasteiger partial charge >= 0.3 is 0 Å². The van der Waals surface area contributed by atoms with Crippen LogP contribution in [0, 0.1) is 0 Å². The fraction of sp³-hybridized carbons (Fsp3) is 0.333. The van der Waals surface area contributed by atoms with E-state index in [2.05, 4.69) is 20.7 Å². The molecular formula is C6H7N5S. The van der Waals surface area contributed by atoms with E-state index in [1.165, 1.54) is 0 Å². The Hall–Kier alpha value is -1.01. The highest BCUT2D eigenvalue weighted by atomic mass is 32.2. The van der Waals surface area contributed by atoms with E-state index in [9.17, 15) is 0 Å². The Bertz CT molecular complexity index is 296. The van der Waals surface area contributed by atoms with Gasteiger partial charge in [-0.2, -0.15) is 0 Å². The number of hydrogen-bond donors (Lipinski definition) is 2. The Morgan fingerprint density at radius 3 is 3.58 bits per heavy atom. The maximum Gasteiger partial charge on any atom is 0.184 e. The number of rotatable bonds is 0. The number of nitrogens with one attached hydrogen (secondary N) is 2. The van der Waals surface area contributed by atoms with Crippen LogP contribution in [0.3, 0.4) is 0 Å². The molecule has 0 saturated carbocycles. The van der Waals surface area contributed by atoms with E-state index in [0.717, 1.165) is 5.17 Å². The molecule has 0 aromatic carbocycles. The molecule has 3 aliphatic rings.